The van der Waals surface area contributed by atoms with Gasteiger partial charge in [-0.25, -0.2) is 0 Å². The molecule has 0 aliphatic carbocycles. The first-order valence-corrected chi connectivity index (χ1v) is 9.77. The minimum atomic E-state index is 0.0497. The third kappa shape index (κ3) is 2.75. The van der Waals surface area contributed by atoms with Crippen LogP contribution in [-0.4, -0.2) is 40.7 Å². The fourth-order valence-electron chi connectivity index (χ4n) is 4.39. The second kappa shape index (κ2) is 7.26. The third-order valence-corrected chi connectivity index (χ3v) is 5.76. The number of benzene rings is 1. The van der Waals surface area contributed by atoms with Gasteiger partial charge in [0, 0.05) is 37.4 Å². The second-order valence-electron chi connectivity index (χ2n) is 7.25. The summed E-state index contributed by atoms with van der Waals surface area (Å²) in [6.07, 6.45) is 4.08. The number of nitrogens with zero attached hydrogens (tertiary/aromatic N) is 3. The monoisotopic (exact) mass is 381 g/mol. The number of aryl methyl sites for hydroxylation is 1. The van der Waals surface area contributed by atoms with Crippen molar-refractivity contribution in [3.8, 4) is 11.5 Å². The smallest absolute Gasteiger partial charge is 0.271 e. The molecular formula is C22H27N3O3. The van der Waals surface area contributed by atoms with E-state index in [-0.39, 0.29) is 11.9 Å². The number of carbonyl (C=O) groups excluding carboxylic acids is 1. The van der Waals surface area contributed by atoms with Gasteiger partial charge in [0.15, 0.2) is 0 Å². The first kappa shape index (κ1) is 18.5. The molecule has 148 valence electrons. The molecule has 3 heterocycles. The molecule has 1 atom stereocenters. The molecule has 3 aromatic rings. The summed E-state index contributed by atoms with van der Waals surface area (Å²) in [7, 11) is 5.20. The molecule has 0 saturated carbocycles. The molecule has 4 rings (SSSR count). The zero-order valence-corrected chi connectivity index (χ0v) is 16.9. The van der Waals surface area contributed by atoms with E-state index in [0.717, 1.165) is 41.8 Å². The van der Waals surface area contributed by atoms with Crippen LogP contribution >= 0.6 is 0 Å². The number of rotatable bonds is 5. The molecule has 0 spiro atoms. The standard InChI is InChI=1S/C22H27N3O3/c1-5-7-17-16-8-6-11-24(16)12-13-25(17)22(26)18-14-15-19(27-3)9-10-20(28-4)21(15)23(18)2/h6,8-11,14,17H,5,7,12-13H2,1-4H3/t17-/m1/s1. The lowest BCUT2D eigenvalue weighted by atomic mass is 10.0. The van der Waals surface area contributed by atoms with E-state index >= 15 is 0 Å². The Morgan fingerprint density at radius 2 is 1.89 bits per heavy atom. The van der Waals surface area contributed by atoms with E-state index in [1.165, 1.54) is 5.69 Å². The van der Waals surface area contributed by atoms with Crippen LogP contribution in [0.2, 0.25) is 0 Å². The van der Waals surface area contributed by atoms with Gasteiger partial charge in [-0.15, -0.1) is 0 Å². The van der Waals surface area contributed by atoms with Gasteiger partial charge in [-0.1, -0.05) is 13.3 Å². The summed E-state index contributed by atoms with van der Waals surface area (Å²) in [5.41, 5.74) is 2.74. The highest BCUT2D eigenvalue weighted by Crippen LogP contribution is 2.37. The van der Waals surface area contributed by atoms with Crippen LogP contribution in [0.4, 0.5) is 0 Å². The van der Waals surface area contributed by atoms with E-state index in [2.05, 4.69) is 29.8 Å². The van der Waals surface area contributed by atoms with Crippen molar-refractivity contribution in [1.82, 2.24) is 14.0 Å². The first-order chi connectivity index (χ1) is 13.6. The Hall–Kier alpha value is -2.89. The molecular weight excluding hydrogens is 354 g/mol. The Balaban J connectivity index is 1.80. The van der Waals surface area contributed by atoms with Crippen molar-refractivity contribution < 1.29 is 14.3 Å². The Kier molecular flexibility index (Phi) is 4.79. The molecule has 28 heavy (non-hydrogen) atoms. The van der Waals surface area contributed by atoms with Crippen LogP contribution in [0, 0.1) is 0 Å². The van der Waals surface area contributed by atoms with Gasteiger partial charge >= 0.3 is 0 Å². The van der Waals surface area contributed by atoms with E-state index in [9.17, 15) is 4.79 Å². The van der Waals surface area contributed by atoms with Crippen LogP contribution in [0.15, 0.2) is 36.5 Å². The van der Waals surface area contributed by atoms with Crippen LogP contribution in [0.1, 0.15) is 42.0 Å². The summed E-state index contributed by atoms with van der Waals surface area (Å²) in [4.78, 5) is 15.6. The summed E-state index contributed by atoms with van der Waals surface area (Å²) in [5, 5.41) is 0.889. The predicted octanol–water partition coefficient (Wildman–Crippen LogP) is 3.99. The lowest BCUT2D eigenvalue weighted by Crippen LogP contribution is -2.42. The Bertz CT molecular complexity index is 1020. The minimum Gasteiger partial charge on any atom is -0.496 e. The number of amides is 1. The summed E-state index contributed by atoms with van der Waals surface area (Å²) in [6.45, 7) is 3.70. The van der Waals surface area contributed by atoms with Crippen molar-refractivity contribution in [3.05, 3.63) is 47.9 Å². The summed E-state index contributed by atoms with van der Waals surface area (Å²) < 4.78 is 15.2. The number of hydrogen-bond donors (Lipinski definition) is 0. The van der Waals surface area contributed by atoms with Gasteiger partial charge in [0.05, 0.1) is 25.8 Å². The predicted molar refractivity (Wildman–Crippen MR) is 109 cm³/mol. The van der Waals surface area contributed by atoms with E-state index in [1.54, 1.807) is 14.2 Å². The molecule has 2 aromatic heterocycles. The molecule has 0 fully saturated rings. The number of ether oxygens (including phenoxy) is 2. The van der Waals surface area contributed by atoms with Crippen molar-refractivity contribution in [2.75, 3.05) is 20.8 Å². The molecule has 1 amide bonds. The summed E-state index contributed by atoms with van der Waals surface area (Å²) in [5.74, 6) is 1.52. The molecule has 1 aliphatic rings. The van der Waals surface area contributed by atoms with Crippen molar-refractivity contribution >= 4 is 16.8 Å². The van der Waals surface area contributed by atoms with Crippen LogP contribution in [-0.2, 0) is 13.6 Å². The van der Waals surface area contributed by atoms with Gasteiger partial charge in [0.25, 0.3) is 5.91 Å². The van der Waals surface area contributed by atoms with Crippen molar-refractivity contribution in [2.24, 2.45) is 7.05 Å². The van der Waals surface area contributed by atoms with Crippen LogP contribution in [0.3, 0.4) is 0 Å². The van der Waals surface area contributed by atoms with Gasteiger partial charge in [0.2, 0.25) is 0 Å². The summed E-state index contributed by atoms with van der Waals surface area (Å²) >= 11 is 0. The number of aromatic nitrogens is 2. The van der Waals surface area contributed by atoms with E-state index < -0.39 is 0 Å². The fraction of sp³-hybridized carbons (Fsp3) is 0.409. The van der Waals surface area contributed by atoms with Crippen LogP contribution in [0.25, 0.3) is 10.9 Å². The van der Waals surface area contributed by atoms with Gasteiger partial charge in [-0.3, -0.25) is 4.79 Å². The van der Waals surface area contributed by atoms with Crippen molar-refractivity contribution in [3.63, 3.8) is 0 Å². The van der Waals surface area contributed by atoms with E-state index in [4.69, 9.17) is 9.47 Å². The Labute approximate surface area is 165 Å². The van der Waals surface area contributed by atoms with Crippen molar-refractivity contribution in [2.45, 2.75) is 32.4 Å². The maximum atomic E-state index is 13.6. The highest BCUT2D eigenvalue weighted by Gasteiger charge is 2.32. The maximum absolute atomic E-state index is 13.6. The van der Waals surface area contributed by atoms with Crippen molar-refractivity contribution in [1.29, 1.82) is 0 Å². The molecule has 6 nitrogen and oxygen atoms in total. The van der Waals surface area contributed by atoms with E-state index in [0.29, 0.717) is 12.2 Å². The fourth-order valence-corrected chi connectivity index (χ4v) is 4.39. The maximum Gasteiger partial charge on any atom is 0.271 e. The van der Waals surface area contributed by atoms with E-state index in [1.807, 2.05) is 34.7 Å². The largest absolute Gasteiger partial charge is 0.496 e. The molecule has 6 heteroatoms. The highest BCUT2D eigenvalue weighted by molar-refractivity contribution is 6.02. The normalized spacial score (nSPS) is 16.3. The van der Waals surface area contributed by atoms with Gasteiger partial charge in [-0.05, 0) is 36.8 Å². The number of methoxy groups -OCH3 is 2. The lowest BCUT2D eigenvalue weighted by Gasteiger charge is -2.37. The number of fused-ring (bicyclic) bond motifs is 2. The highest BCUT2D eigenvalue weighted by atomic mass is 16.5. The zero-order chi connectivity index (χ0) is 19.8. The number of carbonyl (C=O) groups is 1. The SMILES string of the molecule is CCC[C@@H]1c2cccn2CCN1C(=O)c1cc2c(OC)ccc(OC)c2n1C. The van der Waals surface area contributed by atoms with Gasteiger partial charge < -0.3 is 23.5 Å². The Morgan fingerprint density at radius 1 is 1.14 bits per heavy atom. The summed E-state index contributed by atoms with van der Waals surface area (Å²) in [6, 6.07) is 9.98. The zero-order valence-electron chi connectivity index (χ0n) is 16.9. The molecule has 0 unspecified atom stereocenters. The average molecular weight is 381 g/mol. The molecule has 0 radical (unpaired) electrons. The van der Waals surface area contributed by atoms with Crippen LogP contribution in [0.5, 0.6) is 11.5 Å². The second-order valence-corrected chi connectivity index (χ2v) is 7.25. The molecule has 1 aliphatic heterocycles. The minimum absolute atomic E-state index is 0.0497. The molecule has 0 saturated heterocycles. The molecule has 1 aromatic carbocycles. The third-order valence-electron chi connectivity index (χ3n) is 5.76. The quantitative estimate of drug-likeness (QED) is 0.671. The first-order valence-electron chi connectivity index (χ1n) is 9.77. The molecule has 0 bridgehead atoms. The van der Waals surface area contributed by atoms with Crippen LogP contribution < -0.4 is 9.47 Å². The average Bonchev–Trinajstić information content (AvgIpc) is 3.32. The topological polar surface area (TPSA) is 48.6 Å². The molecule has 0 N–H and O–H groups in total. The van der Waals surface area contributed by atoms with Gasteiger partial charge in [0.1, 0.15) is 17.2 Å². The lowest BCUT2D eigenvalue weighted by molar-refractivity contribution is 0.0601. The Morgan fingerprint density at radius 3 is 2.61 bits per heavy atom. The van der Waals surface area contributed by atoms with Gasteiger partial charge in [-0.2, -0.15) is 0 Å². The number of hydrogen-bond acceptors (Lipinski definition) is 3.